The van der Waals surface area contributed by atoms with E-state index in [0.717, 1.165) is 5.01 Å². The standard InChI is InChI=1S/C12H18N2O3S/c1-6-8(9(15)13-7(2)10(16)17)18-11(14-6)12(3,4)5/h7H,1-5H3,(H,13,15)(H,16,17)/t7-/m0/s1. The maximum Gasteiger partial charge on any atom is 0.325 e. The van der Waals surface area contributed by atoms with Crippen LogP contribution in [0.25, 0.3) is 0 Å². The minimum atomic E-state index is -1.05. The summed E-state index contributed by atoms with van der Waals surface area (Å²) in [7, 11) is 0. The van der Waals surface area contributed by atoms with Crippen LogP contribution < -0.4 is 5.32 Å². The molecule has 0 saturated carbocycles. The minimum absolute atomic E-state index is 0.119. The smallest absolute Gasteiger partial charge is 0.325 e. The van der Waals surface area contributed by atoms with Gasteiger partial charge in [0.25, 0.3) is 5.91 Å². The summed E-state index contributed by atoms with van der Waals surface area (Å²) in [5.41, 5.74) is 0.520. The second-order valence-electron chi connectivity index (χ2n) is 5.22. The third-order valence-electron chi connectivity index (χ3n) is 2.36. The number of amides is 1. The molecule has 0 bridgehead atoms. The van der Waals surface area contributed by atoms with Crippen LogP contribution in [0.3, 0.4) is 0 Å². The van der Waals surface area contributed by atoms with Crippen LogP contribution in [0.5, 0.6) is 0 Å². The Balaban J connectivity index is 2.94. The monoisotopic (exact) mass is 270 g/mol. The Morgan fingerprint density at radius 2 is 1.94 bits per heavy atom. The zero-order valence-corrected chi connectivity index (χ0v) is 12.0. The Morgan fingerprint density at radius 1 is 1.39 bits per heavy atom. The first-order chi connectivity index (χ1) is 8.12. The largest absolute Gasteiger partial charge is 0.480 e. The van der Waals surface area contributed by atoms with E-state index in [4.69, 9.17) is 5.11 Å². The molecular formula is C12H18N2O3S. The van der Waals surface area contributed by atoms with Gasteiger partial charge in [0.2, 0.25) is 0 Å². The van der Waals surface area contributed by atoms with Gasteiger partial charge in [0.1, 0.15) is 10.9 Å². The number of thiazole rings is 1. The van der Waals surface area contributed by atoms with E-state index in [1.54, 1.807) is 6.92 Å². The number of carboxylic acids is 1. The van der Waals surface area contributed by atoms with Gasteiger partial charge in [-0.25, -0.2) is 4.98 Å². The van der Waals surface area contributed by atoms with Crippen LogP contribution in [-0.4, -0.2) is 28.0 Å². The molecule has 0 aliphatic rings. The Labute approximate surface area is 110 Å². The van der Waals surface area contributed by atoms with Crippen molar-refractivity contribution < 1.29 is 14.7 Å². The molecule has 0 radical (unpaired) electrons. The van der Waals surface area contributed by atoms with E-state index in [1.807, 2.05) is 20.8 Å². The zero-order valence-electron chi connectivity index (χ0n) is 11.2. The van der Waals surface area contributed by atoms with Crippen LogP contribution >= 0.6 is 11.3 Å². The third-order valence-corrected chi connectivity index (χ3v) is 3.94. The molecule has 0 aliphatic heterocycles. The molecule has 1 rings (SSSR count). The zero-order chi connectivity index (χ0) is 14.1. The molecule has 18 heavy (non-hydrogen) atoms. The maximum atomic E-state index is 11.9. The van der Waals surface area contributed by atoms with Crippen molar-refractivity contribution >= 4 is 23.2 Å². The lowest BCUT2D eigenvalue weighted by Gasteiger charge is -2.13. The highest BCUT2D eigenvalue weighted by atomic mass is 32.1. The van der Waals surface area contributed by atoms with E-state index in [2.05, 4.69) is 10.3 Å². The summed E-state index contributed by atoms with van der Waals surface area (Å²) in [6, 6.07) is -0.905. The quantitative estimate of drug-likeness (QED) is 0.880. The topological polar surface area (TPSA) is 79.3 Å². The highest BCUT2D eigenvalue weighted by molar-refractivity contribution is 7.14. The number of aryl methyl sites for hydroxylation is 1. The summed E-state index contributed by atoms with van der Waals surface area (Å²) in [5, 5.41) is 12.1. The van der Waals surface area contributed by atoms with Crippen LogP contribution in [0.2, 0.25) is 0 Å². The molecule has 0 aromatic carbocycles. The summed E-state index contributed by atoms with van der Waals surface area (Å²) in [4.78, 5) is 27.5. The normalized spacial score (nSPS) is 13.2. The summed E-state index contributed by atoms with van der Waals surface area (Å²) in [6.45, 7) is 9.25. The maximum absolute atomic E-state index is 11.9. The van der Waals surface area contributed by atoms with Crippen molar-refractivity contribution in [2.45, 2.75) is 46.1 Å². The van der Waals surface area contributed by atoms with Crippen molar-refractivity contribution in [2.24, 2.45) is 0 Å². The fourth-order valence-electron chi connectivity index (χ4n) is 1.25. The van der Waals surface area contributed by atoms with Gasteiger partial charge < -0.3 is 10.4 Å². The van der Waals surface area contributed by atoms with Crippen molar-refractivity contribution in [3.05, 3.63) is 15.6 Å². The number of rotatable bonds is 3. The highest BCUT2D eigenvalue weighted by Gasteiger charge is 2.24. The SMILES string of the molecule is Cc1nc(C(C)(C)C)sc1C(=O)N[C@@H](C)C(=O)O. The molecule has 0 aliphatic carbocycles. The number of carbonyl (C=O) groups excluding carboxylic acids is 1. The number of nitrogens with zero attached hydrogens (tertiary/aromatic N) is 1. The first-order valence-electron chi connectivity index (χ1n) is 5.64. The van der Waals surface area contributed by atoms with E-state index < -0.39 is 12.0 Å². The Bertz CT molecular complexity index is 474. The van der Waals surface area contributed by atoms with E-state index in [9.17, 15) is 9.59 Å². The second kappa shape index (κ2) is 5.06. The minimum Gasteiger partial charge on any atom is -0.480 e. The Kier molecular flexibility index (Phi) is 4.11. The summed E-state index contributed by atoms with van der Waals surface area (Å²) >= 11 is 1.31. The molecule has 1 atom stereocenters. The molecule has 1 amide bonds. The molecule has 1 heterocycles. The van der Waals surface area contributed by atoms with E-state index in [0.29, 0.717) is 10.6 Å². The molecule has 1 aromatic heterocycles. The summed E-state index contributed by atoms with van der Waals surface area (Å²) < 4.78 is 0. The predicted molar refractivity (Wildman–Crippen MR) is 70.1 cm³/mol. The van der Waals surface area contributed by atoms with Crippen molar-refractivity contribution in [2.75, 3.05) is 0 Å². The number of nitrogens with one attached hydrogen (secondary N) is 1. The van der Waals surface area contributed by atoms with Crippen molar-refractivity contribution in [3.63, 3.8) is 0 Å². The van der Waals surface area contributed by atoms with E-state index in [1.165, 1.54) is 18.3 Å². The fourth-order valence-corrected chi connectivity index (χ4v) is 2.28. The van der Waals surface area contributed by atoms with Crippen molar-refractivity contribution in [3.8, 4) is 0 Å². The molecule has 5 nitrogen and oxygen atoms in total. The molecule has 0 fully saturated rings. The van der Waals surface area contributed by atoms with Gasteiger partial charge in [-0.15, -0.1) is 11.3 Å². The number of aromatic nitrogens is 1. The van der Waals surface area contributed by atoms with Gasteiger partial charge in [0.05, 0.1) is 10.7 Å². The first-order valence-corrected chi connectivity index (χ1v) is 6.46. The highest BCUT2D eigenvalue weighted by Crippen LogP contribution is 2.29. The van der Waals surface area contributed by atoms with Gasteiger partial charge in [0.15, 0.2) is 0 Å². The predicted octanol–water partition coefficient (Wildman–Crippen LogP) is 1.95. The van der Waals surface area contributed by atoms with Gasteiger partial charge in [-0.3, -0.25) is 9.59 Å². The third kappa shape index (κ3) is 3.29. The van der Waals surface area contributed by atoms with Crippen molar-refractivity contribution in [1.82, 2.24) is 10.3 Å². The van der Waals surface area contributed by atoms with Crippen molar-refractivity contribution in [1.29, 1.82) is 0 Å². The summed E-state index contributed by atoms with van der Waals surface area (Å²) in [5.74, 6) is -1.43. The lowest BCUT2D eigenvalue weighted by atomic mass is 9.98. The van der Waals surface area contributed by atoms with E-state index in [-0.39, 0.29) is 11.3 Å². The molecular weight excluding hydrogens is 252 g/mol. The second-order valence-corrected chi connectivity index (χ2v) is 6.22. The lowest BCUT2D eigenvalue weighted by molar-refractivity contribution is -0.138. The van der Waals surface area contributed by atoms with Gasteiger partial charge in [-0.05, 0) is 13.8 Å². The van der Waals surface area contributed by atoms with Crippen LogP contribution in [0.15, 0.2) is 0 Å². The molecule has 1 aromatic rings. The van der Waals surface area contributed by atoms with Gasteiger partial charge in [-0.1, -0.05) is 20.8 Å². The Morgan fingerprint density at radius 3 is 2.33 bits per heavy atom. The molecule has 100 valence electrons. The average molecular weight is 270 g/mol. The number of carboxylic acid groups (broad SMARTS) is 1. The molecule has 0 spiro atoms. The number of carbonyl (C=O) groups is 2. The Hall–Kier alpha value is -1.43. The lowest BCUT2D eigenvalue weighted by Crippen LogP contribution is -2.38. The van der Waals surface area contributed by atoms with Crippen LogP contribution in [0, 0.1) is 6.92 Å². The van der Waals surface area contributed by atoms with Gasteiger partial charge in [-0.2, -0.15) is 0 Å². The molecule has 6 heteroatoms. The van der Waals surface area contributed by atoms with Crippen LogP contribution in [0.1, 0.15) is 48.1 Å². The number of aliphatic carboxylic acids is 1. The first kappa shape index (κ1) is 14.6. The van der Waals surface area contributed by atoms with Gasteiger partial charge >= 0.3 is 5.97 Å². The molecule has 0 saturated heterocycles. The van der Waals surface area contributed by atoms with Crippen LogP contribution in [0.4, 0.5) is 0 Å². The van der Waals surface area contributed by atoms with E-state index >= 15 is 0 Å². The average Bonchev–Trinajstić information content (AvgIpc) is 2.59. The fraction of sp³-hybridized carbons (Fsp3) is 0.583. The molecule has 2 N–H and O–H groups in total. The molecule has 0 unspecified atom stereocenters. The van der Waals surface area contributed by atoms with Crippen LogP contribution in [-0.2, 0) is 10.2 Å². The summed E-state index contributed by atoms with van der Waals surface area (Å²) in [6.07, 6.45) is 0. The number of hydrogen-bond donors (Lipinski definition) is 2. The number of hydrogen-bond acceptors (Lipinski definition) is 4. The van der Waals surface area contributed by atoms with Gasteiger partial charge in [0, 0.05) is 5.41 Å².